The molecule has 1 atom stereocenters. The van der Waals surface area contributed by atoms with E-state index in [0.717, 1.165) is 31.9 Å². The van der Waals surface area contributed by atoms with Crippen LogP contribution in [0.5, 0.6) is 0 Å². The lowest BCUT2D eigenvalue weighted by Crippen LogP contribution is -2.31. The van der Waals surface area contributed by atoms with Gasteiger partial charge in [-0.3, -0.25) is 4.90 Å². The third-order valence-corrected chi connectivity index (χ3v) is 3.80. The maximum absolute atomic E-state index is 5.99. The van der Waals surface area contributed by atoms with Gasteiger partial charge in [0.2, 0.25) is 0 Å². The number of aromatic nitrogens is 2. The number of likely N-dealkylation sites (N-methyl/N-ethyl adjacent to an activating group) is 1. The van der Waals surface area contributed by atoms with Crippen LogP contribution in [0.2, 0.25) is 4.34 Å². The van der Waals surface area contributed by atoms with E-state index in [2.05, 4.69) is 21.4 Å². The first-order valence-corrected chi connectivity index (χ1v) is 6.75. The molecule has 2 rings (SSSR count). The molecule has 16 heavy (non-hydrogen) atoms. The summed E-state index contributed by atoms with van der Waals surface area (Å²) in [6, 6.07) is 0. The molecule has 1 unspecified atom stereocenters. The summed E-state index contributed by atoms with van der Waals surface area (Å²) in [7, 11) is 0. The molecule has 4 nitrogen and oxygen atoms in total. The minimum Gasteiger partial charge on any atom is -0.377 e. The number of rotatable bonds is 5. The molecule has 0 saturated carbocycles. The molecule has 1 saturated heterocycles. The molecule has 0 N–H and O–H groups in total. The van der Waals surface area contributed by atoms with E-state index in [1.165, 1.54) is 24.4 Å². The Hall–Kier alpha value is -0.230. The van der Waals surface area contributed by atoms with Gasteiger partial charge in [-0.05, 0) is 19.4 Å². The van der Waals surface area contributed by atoms with E-state index in [1.54, 1.807) is 0 Å². The van der Waals surface area contributed by atoms with Gasteiger partial charge in [-0.15, -0.1) is 5.10 Å². The summed E-state index contributed by atoms with van der Waals surface area (Å²) in [6.07, 6.45) is 2.73. The summed E-state index contributed by atoms with van der Waals surface area (Å²) in [5, 5.41) is 4.03. The number of halogens is 1. The van der Waals surface area contributed by atoms with Gasteiger partial charge in [0, 0.05) is 31.2 Å². The molecule has 1 aliphatic rings. The van der Waals surface area contributed by atoms with Crippen molar-refractivity contribution in [3.63, 3.8) is 0 Å². The average molecular weight is 262 g/mol. The lowest BCUT2D eigenvalue weighted by atomic mass is 10.2. The van der Waals surface area contributed by atoms with Crippen molar-refractivity contribution in [1.29, 1.82) is 0 Å². The van der Waals surface area contributed by atoms with Gasteiger partial charge in [-0.1, -0.05) is 23.0 Å². The van der Waals surface area contributed by atoms with Gasteiger partial charge in [0.1, 0.15) is 10.0 Å². The van der Waals surface area contributed by atoms with Gasteiger partial charge in [0.25, 0.3) is 0 Å². The zero-order valence-corrected chi connectivity index (χ0v) is 10.9. The monoisotopic (exact) mass is 261 g/mol. The molecule has 6 heteroatoms. The van der Waals surface area contributed by atoms with Crippen molar-refractivity contribution in [2.24, 2.45) is 0 Å². The van der Waals surface area contributed by atoms with Gasteiger partial charge in [-0.25, -0.2) is 0 Å². The minimum atomic E-state index is 0.380. The normalized spacial score (nSPS) is 20.8. The average Bonchev–Trinajstić information content (AvgIpc) is 2.90. The molecule has 0 bridgehead atoms. The maximum atomic E-state index is 5.99. The van der Waals surface area contributed by atoms with E-state index in [9.17, 15) is 0 Å². The molecule has 1 aliphatic heterocycles. The van der Waals surface area contributed by atoms with Crippen molar-refractivity contribution in [2.75, 3.05) is 19.7 Å². The Balaban J connectivity index is 1.87. The fourth-order valence-electron chi connectivity index (χ4n) is 1.88. The van der Waals surface area contributed by atoms with Gasteiger partial charge in [0.15, 0.2) is 0 Å². The first-order valence-electron chi connectivity index (χ1n) is 5.60. The third kappa shape index (κ3) is 3.13. The van der Waals surface area contributed by atoms with E-state index in [1.807, 2.05) is 0 Å². The number of hydrogen-bond acceptors (Lipinski definition) is 5. The van der Waals surface area contributed by atoms with E-state index in [4.69, 9.17) is 16.3 Å². The van der Waals surface area contributed by atoms with E-state index in [0.29, 0.717) is 10.4 Å². The molecular formula is C10H16ClN3OS. The first-order chi connectivity index (χ1) is 7.79. The molecule has 0 spiro atoms. The molecule has 1 fully saturated rings. The zero-order chi connectivity index (χ0) is 11.4. The fourth-order valence-corrected chi connectivity index (χ4v) is 2.50. The Morgan fingerprint density at radius 3 is 3.06 bits per heavy atom. The Kier molecular flexibility index (Phi) is 4.52. The van der Waals surface area contributed by atoms with Gasteiger partial charge < -0.3 is 4.74 Å². The highest BCUT2D eigenvalue weighted by molar-refractivity contribution is 7.10. The summed E-state index contributed by atoms with van der Waals surface area (Å²) in [4.78, 5) is 2.30. The summed E-state index contributed by atoms with van der Waals surface area (Å²) >= 11 is 7.24. The minimum absolute atomic E-state index is 0.380. The fraction of sp³-hybridized carbons (Fsp3) is 0.800. The molecular weight excluding hydrogens is 246 g/mol. The molecule has 1 aromatic heterocycles. The van der Waals surface area contributed by atoms with Crippen LogP contribution in [-0.2, 0) is 11.3 Å². The van der Waals surface area contributed by atoms with Gasteiger partial charge in [-0.2, -0.15) is 0 Å². The molecule has 2 heterocycles. The molecule has 90 valence electrons. The smallest absolute Gasteiger partial charge is 0.138 e. The Labute approximate surface area is 105 Å². The van der Waals surface area contributed by atoms with Crippen LogP contribution < -0.4 is 0 Å². The maximum Gasteiger partial charge on any atom is 0.138 e. The van der Waals surface area contributed by atoms with Crippen LogP contribution in [0.4, 0.5) is 0 Å². The highest BCUT2D eigenvalue weighted by atomic mass is 35.5. The molecule has 0 radical (unpaired) electrons. The van der Waals surface area contributed by atoms with Crippen LogP contribution in [0, 0.1) is 0 Å². The summed E-state index contributed by atoms with van der Waals surface area (Å²) in [6.45, 7) is 5.76. The van der Waals surface area contributed by atoms with Crippen molar-refractivity contribution in [3.05, 3.63) is 10.0 Å². The quantitative estimate of drug-likeness (QED) is 0.815. The second-order valence-corrected chi connectivity index (χ2v) is 5.31. The second kappa shape index (κ2) is 5.91. The van der Waals surface area contributed by atoms with Crippen LogP contribution in [0.1, 0.15) is 25.5 Å². The van der Waals surface area contributed by atoms with Crippen LogP contribution in [0.25, 0.3) is 0 Å². The standard InChI is InChI=1S/C10H16ClN3OS/c1-2-14(6-8-4-3-5-15-8)7-9-10(11)16-13-12-9/h8H,2-7H2,1H3. The Bertz CT molecular complexity index is 328. The van der Waals surface area contributed by atoms with E-state index in [-0.39, 0.29) is 0 Å². The van der Waals surface area contributed by atoms with Crippen LogP contribution >= 0.6 is 23.1 Å². The van der Waals surface area contributed by atoms with Crippen LogP contribution in [0.3, 0.4) is 0 Å². The second-order valence-electron chi connectivity index (χ2n) is 3.96. The van der Waals surface area contributed by atoms with Gasteiger partial charge in [0.05, 0.1) is 6.10 Å². The Morgan fingerprint density at radius 1 is 1.62 bits per heavy atom. The lowest BCUT2D eigenvalue weighted by Gasteiger charge is -2.22. The largest absolute Gasteiger partial charge is 0.377 e. The summed E-state index contributed by atoms with van der Waals surface area (Å²) in [5.41, 5.74) is 0.881. The van der Waals surface area contributed by atoms with E-state index < -0.39 is 0 Å². The van der Waals surface area contributed by atoms with Gasteiger partial charge >= 0.3 is 0 Å². The highest BCUT2D eigenvalue weighted by Crippen LogP contribution is 2.20. The molecule has 0 aliphatic carbocycles. The highest BCUT2D eigenvalue weighted by Gasteiger charge is 2.19. The predicted octanol–water partition coefficient (Wildman–Crippen LogP) is 2.19. The number of ether oxygens (including phenoxy) is 1. The van der Waals surface area contributed by atoms with Crippen molar-refractivity contribution in [1.82, 2.24) is 14.5 Å². The van der Waals surface area contributed by atoms with Crippen molar-refractivity contribution in [2.45, 2.75) is 32.4 Å². The zero-order valence-electron chi connectivity index (χ0n) is 9.36. The molecule has 1 aromatic rings. The van der Waals surface area contributed by atoms with Crippen LogP contribution in [-0.4, -0.2) is 40.3 Å². The topological polar surface area (TPSA) is 38.2 Å². The Morgan fingerprint density at radius 2 is 2.50 bits per heavy atom. The SMILES string of the molecule is CCN(Cc1nnsc1Cl)CC1CCCO1. The summed E-state index contributed by atoms with van der Waals surface area (Å²) < 4.78 is 10.2. The van der Waals surface area contributed by atoms with E-state index >= 15 is 0 Å². The number of hydrogen-bond donors (Lipinski definition) is 0. The molecule has 0 amide bonds. The van der Waals surface area contributed by atoms with Crippen molar-refractivity contribution < 1.29 is 4.74 Å². The number of nitrogens with zero attached hydrogens (tertiary/aromatic N) is 3. The lowest BCUT2D eigenvalue weighted by molar-refractivity contribution is 0.0721. The van der Waals surface area contributed by atoms with Crippen molar-refractivity contribution in [3.8, 4) is 0 Å². The molecule has 0 aromatic carbocycles. The van der Waals surface area contributed by atoms with Crippen molar-refractivity contribution >= 4 is 23.1 Å². The first kappa shape index (κ1) is 12.2. The predicted molar refractivity (Wildman–Crippen MR) is 64.8 cm³/mol. The van der Waals surface area contributed by atoms with Crippen LogP contribution in [0.15, 0.2) is 0 Å². The third-order valence-electron chi connectivity index (χ3n) is 2.82. The summed E-state index contributed by atoms with van der Waals surface area (Å²) in [5.74, 6) is 0.